The first kappa shape index (κ1) is 18.7. The van der Waals surface area contributed by atoms with E-state index < -0.39 is 6.10 Å². The predicted molar refractivity (Wildman–Crippen MR) is 93.9 cm³/mol. The summed E-state index contributed by atoms with van der Waals surface area (Å²) in [5.41, 5.74) is 2.06. The molecule has 132 valence electrons. The van der Waals surface area contributed by atoms with Gasteiger partial charge in [0, 0.05) is 0 Å². The summed E-state index contributed by atoms with van der Waals surface area (Å²) >= 11 is 0. The molecule has 3 heteroatoms. The predicted octanol–water partition coefficient (Wildman–Crippen LogP) is 3.45. The second kappa shape index (κ2) is 6.70. The van der Waals surface area contributed by atoms with E-state index in [2.05, 4.69) is 27.4 Å². The molecule has 0 aromatic rings. The van der Waals surface area contributed by atoms with Gasteiger partial charge in [-0.1, -0.05) is 39.0 Å². The Morgan fingerprint density at radius 1 is 1.30 bits per heavy atom. The fraction of sp³-hybridized carbons (Fsp3) is 0.800. The van der Waals surface area contributed by atoms with E-state index in [0.717, 1.165) is 31.3 Å². The zero-order valence-corrected chi connectivity index (χ0v) is 15.2. The molecule has 0 saturated heterocycles. The Kier molecular flexibility index (Phi) is 5.44. The van der Waals surface area contributed by atoms with Gasteiger partial charge in [-0.15, -0.1) is 0 Å². The first-order chi connectivity index (χ1) is 10.6. The molecule has 23 heavy (non-hydrogen) atoms. The largest absolute Gasteiger partial charge is 0.393 e. The summed E-state index contributed by atoms with van der Waals surface area (Å²) in [7, 11) is 0. The van der Waals surface area contributed by atoms with Crippen molar-refractivity contribution >= 4 is 0 Å². The minimum absolute atomic E-state index is 0.0819. The maximum absolute atomic E-state index is 10.6. The minimum atomic E-state index is -0.468. The SMILES string of the molecule is C=C1[C@@H](CC/C(C)=C/CO)[C@]2(C)CC[C@H](O)C(C)(C)[C@H]2C[C@@H]1O. The summed E-state index contributed by atoms with van der Waals surface area (Å²) in [6.07, 6.45) is 5.49. The molecule has 2 aliphatic rings. The summed E-state index contributed by atoms with van der Waals surface area (Å²) in [5.74, 6) is 0.566. The number of aliphatic hydroxyl groups excluding tert-OH is 3. The lowest BCUT2D eigenvalue weighted by atomic mass is 9.46. The van der Waals surface area contributed by atoms with Gasteiger partial charge in [0.25, 0.3) is 0 Å². The lowest BCUT2D eigenvalue weighted by molar-refractivity contribution is -0.140. The zero-order chi connectivity index (χ0) is 17.4. The molecule has 0 spiro atoms. The average molecular weight is 322 g/mol. The van der Waals surface area contributed by atoms with E-state index in [1.54, 1.807) is 0 Å². The van der Waals surface area contributed by atoms with Crippen LogP contribution in [0.4, 0.5) is 0 Å². The molecule has 3 nitrogen and oxygen atoms in total. The van der Waals surface area contributed by atoms with E-state index >= 15 is 0 Å². The Bertz CT molecular complexity index is 479. The Labute approximate surface area is 141 Å². The highest BCUT2D eigenvalue weighted by atomic mass is 16.3. The van der Waals surface area contributed by atoms with Crippen LogP contribution in [0, 0.1) is 22.7 Å². The molecular formula is C20H34O3. The Balaban J connectivity index is 2.28. The van der Waals surface area contributed by atoms with Crippen LogP contribution < -0.4 is 0 Å². The van der Waals surface area contributed by atoms with Crippen molar-refractivity contribution in [3.63, 3.8) is 0 Å². The minimum Gasteiger partial charge on any atom is -0.393 e. The summed E-state index contributed by atoms with van der Waals surface area (Å²) in [6.45, 7) is 13.0. The molecule has 0 radical (unpaired) electrons. The number of aliphatic hydroxyl groups is 3. The molecule has 0 bridgehead atoms. The van der Waals surface area contributed by atoms with Crippen LogP contribution in [0.25, 0.3) is 0 Å². The van der Waals surface area contributed by atoms with Crippen LogP contribution in [0.15, 0.2) is 23.8 Å². The normalized spacial score (nSPS) is 40.8. The van der Waals surface area contributed by atoms with E-state index in [9.17, 15) is 10.2 Å². The van der Waals surface area contributed by atoms with Crippen molar-refractivity contribution < 1.29 is 15.3 Å². The van der Waals surface area contributed by atoms with E-state index in [0.29, 0.717) is 12.3 Å². The van der Waals surface area contributed by atoms with Crippen LogP contribution in [0.5, 0.6) is 0 Å². The molecular weight excluding hydrogens is 288 g/mol. The van der Waals surface area contributed by atoms with E-state index in [-0.39, 0.29) is 29.5 Å². The highest BCUT2D eigenvalue weighted by Crippen LogP contribution is 2.61. The smallest absolute Gasteiger partial charge is 0.0753 e. The Morgan fingerprint density at radius 2 is 1.96 bits per heavy atom. The quantitative estimate of drug-likeness (QED) is 0.695. The number of hydrogen-bond donors (Lipinski definition) is 3. The highest BCUT2D eigenvalue weighted by molar-refractivity contribution is 5.21. The number of rotatable bonds is 4. The second-order valence-corrected chi connectivity index (χ2v) is 8.58. The van der Waals surface area contributed by atoms with Gasteiger partial charge in [0.15, 0.2) is 0 Å². The van der Waals surface area contributed by atoms with Gasteiger partial charge in [0.2, 0.25) is 0 Å². The van der Waals surface area contributed by atoms with Crippen LogP contribution >= 0.6 is 0 Å². The van der Waals surface area contributed by atoms with Gasteiger partial charge in [-0.2, -0.15) is 0 Å². The fourth-order valence-corrected chi connectivity index (χ4v) is 5.24. The molecule has 0 amide bonds. The molecule has 3 N–H and O–H groups in total. The molecule has 2 rings (SSSR count). The third kappa shape index (κ3) is 3.29. The van der Waals surface area contributed by atoms with Gasteiger partial charge >= 0.3 is 0 Å². The van der Waals surface area contributed by atoms with Crippen LogP contribution in [0.3, 0.4) is 0 Å². The van der Waals surface area contributed by atoms with Crippen molar-refractivity contribution in [3.8, 4) is 0 Å². The van der Waals surface area contributed by atoms with Gasteiger partial charge in [-0.05, 0) is 67.3 Å². The van der Waals surface area contributed by atoms with E-state index in [1.165, 1.54) is 5.57 Å². The van der Waals surface area contributed by atoms with Crippen molar-refractivity contribution in [1.29, 1.82) is 0 Å². The summed E-state index contributed by atoms with van der Waals surface area (Å²) in [4.78, 5) is 0. The summed E-state index contributed by atoms with van der Waals surface area (Å²) < 4.78 is 0. The van der Waals surface area contributed by atoms with Gasteiger partial charge in [-0.3, -0.25) is 0 Å². The van der Waals surface area contributed by atoms with Crippen molar-refractivity contribution in [2.75, 3.05) is 6.61 Å². The summed E-state index contributed by atoms with van der Waals surface area (Å²) in [5, 5.41) is 30.1. The topological polar surface area (TPSA) is 60.7 Å². The van der Waals surface area contributed by atoms with Crippen molar-refractivity contribution in [2.45, 2.75) is 72.0 Å². The molecule has 2 saturated carbocycles. The maximum Gasteiger partial charge on any atom is 0.0753 e. The summed E-state index contributed by atoms with van der Waals surface area (Å²) in [6, 6.07) is 0. The molecule has 2 fully saturated rings. The maximum atomic E-state index is 10.6. The molecule has 2 aliphatic carbocycles. The fourth-order valence-electron chi connectivity index (χ4n) is 5.24. The van der Waals surface area contributed by atoms with Gasteiger partial charge in [0.05, 0.1) is 18.8 Å². The number of hydrogen-bond acceptors (Lipinski definition) is 3. The third-order valence-electron chi connectivity index (χ3n) is 6.91. The van der Waals surface area contributed by atoms with E-state index in [4.69, 9.17) is 5.11 Å². The van der Waals surface area contributed by atoms with Crippen LogP contribution in [0.2, 0.25) is 0 Å². The van der Waals surface area contributed by atoms with Crippen molar-refractivity contribution in [2.24, 2.45) is 22.7 Å². The van der Waals surface area contributed by atoms with Crippen molar-refractivity contribution in [1.82, 2.24) is 0 Å². The average Bonchev–Trinajstić information content (AvgIpc) is 2.47. The van der Waals surface area contributed by atoms with Gasteiger partial charge in [-0.25, -0.2) is 0 Å². The Morgan fingerprint density at radius 3 is 2.57 bits per heavy atom. The molecule has 0 aliphatic heterocycles. The first-order valence-electron chi connectivity index (χ1n) is 8.96. The van der Waals surface area contributed by atoms with E-state index in [1.807, 2.05) is 13.0 Å². The van der Waals surface area contributed by atoms with Crippen LogP contribution in [-0.4, -0.2) is 34.1 Å². The lowest BCUT2D eigenvalue weighted by Crippen LogP contribution is -2.57. The van der Waals surface area contributed by atoms with Crippen LogP contribution in [-0.2, 0) is 0 Å². The standard InChI is InChI=1S/C20H34O3/c1-13(9-11-21)6-7-15-14(2)16(22)12-17-19(3,4)18(23)8-10-20(15,17)5/h9,15-18,21-23H,2,6-8,10-12H2,1,3-5H3/b13-9+/t15-,16+,17-,18+,20+/m1/s1. The highest BCUT2D eigenvalue weighted by Gasteiger charge is 2.57. The third-order valence-corrected chi connectivity index (χ3v) is 6.91. The van der Waals surface area contributed by atoms with Crippen LogP contribution in [0.1, 0.15) is 59.8 Å². The van der Waals surface area contributed by atoms with Gasteiger partial charge < -0.3 is 15.3 Å². The Hall–Kier alpha value is -0.640. The monoisotopic (exact) mass is 322 g/mol. The van der Waals surface area contributed by atoms with Crippen molar-refractivity contribution in [3.05, 3.63) is 23.8 Å². The molecule has 0 aromatic carbocycles. The number of allylic oxidation sites excluding steroid dienone is 1. The molecule has 0 aromatic heterocycles. The number of fused-ring (bicyclic) bond motifs is 1. The first-order valence-corrected chi connectivity index (χ1v) is 8.96. The second-order valence-electron chi connectivity index (χ2n) is 8.58. The van der Waals surface area contributed by atoms with Gasteiger partial charge in [0.1, 0.15) is 0 Å². The lowest BCUT2D eigenvalue weighted by Gasteiger charge is -2.60. The molecule has 5 atom stereocenters. The molecule has 0 unspecified atom stereocenters. The molecule has 0 heterocycles. The zero-order valence-electron chi connectivity index (χ0n) is 15.2.